The van der Waals surface area contributed by atoms with Gasteiger partial charge >= 0.3 is 5.97 Å². The minimum absolute atomic E-state index is 0.335. The number of pyridine rings is 1. The molecule has 1 saturated heterocycles. The molecule has 0 radical (unpaired) electrons. The zero-order valence-electron chi connectivity index (χ0n) is 13.1. The van der Waals surface area contributed by atoms with Gasteiger partial charge in [-0.15, -0.1) is 0 Å². The number of piperazine rings is 1. The summed E-state index contributed by atoms with van der Waals surface area (Å²) >= 11 is 0. The van der Waals surface area contributed by atoms with E-state index in [4.69, 9.17) is 4.74 Å². The number of ether oxygens (including phenoxy) is 1. The molecule has 2 aromatic rings. The number of anilines is 2. The monoisotopic (exact) mass is 313 g/mol. The summed E-state index contributed by atoms with van der Waals surface area (Å²) in [5, 5.41) is 0. The number of aromatic nitrogens is 3. The van der Waals surface area contributed by atoms with Gasteiger partial charge in [0.15, 0.2) is 0 Å². The minimum Gasteiger partial charge on any atom is -0.462 e. The first-order valence-electron chi connectivity index (χ1n) is 7.67. The van der Waals surface area contributed by atoms with Crippen LogP contribution in [0.3, 0.4) is 0 Å². The van der Waals surface area contributed by atoms with Gasteiger partial charge in [0.05, 0.1) is 24.1 Å². The van der Waals surface area contributed by atoms with Gasteiger partial charge in [0.25, 0.3) is 0 Å². The molecule has 120 valence electrons. The van der Waals surface area contributed by atoms with Crippen molar-refractivity contribution < 1.29 is 9.53 Å². The minimum atomic E-state index is -0.335. The fourth-order valence-corrected chi connectivity index (χ4v) is 2.55. The lowest BCUT2D eigenvalue weighted by molar-refractivity contribution is 0.0526. The quantitative estimate of drug-likeness (QED) is 0.790. The molecule has 3 rings (SSSR count). The van der Waals surface area contributed by atoms with Gasteiger partial charge in [0.2, 0.25) is 5.95 Å². The maximum atomic E-state index is 11.8. The van der Waals surface area contributed by atoms with E-state index < -0.39 is 0 Å². The Labute approximate surface area is 134 Å². The molecule has 3 heterocycles. The molecule has 0 unspecified atom stereocenters. The molecule has 0 aromatic carbocycles. The summed E-state index contributed by atoms with van der Waals surface area (Å²) in [6.07, 6.45) is 6.82. The molecule has 0 bridgehead atoms. The molecular weight excluding hydrogens is 294 g/mol. The van der Waals surface area contributed by atoms with Crippen molar-refractivity contribution in [1.82, 2.24) is 15.0 Å². The van der Waals surface area contributed by atoms with Crippen molar-refractivity contribution in [1.29, 1.82) is 0 Å². The molecule has 1 aliphatic heterocycles. The number of hydrogen-bond acceptors (Lipinski definition) is 7. The van der Waals surface area contributed by atoms with Gasteiger partial charge < -0.3 is 14.5 Å². The van der Waals surface area contributed by atoms with Gasteiger partial charge in [-0.2, -0.15) is 0 Å². The zero-order chi connectivity index (χ0) is 16.1. The average molecular weight is 313 g/mol. The third-order valence-electron chi connectivity index (χ3n) is 3.71. The molecule has 2 aromatic heterocycles. The number of carbonyl (C=O) groups excluding carboxylic acids is 1. The Morgan fingerprint density at radius 2 is 1.83 bits per heavy atom. The summed E-state index contributed by atoms with van der Waals surface area (Å²) in [5.41, 5.74) is 1.42. The third-order valence-corrected chi connectivity index (χ3v) is 3.71. The van der Waals surface area contributed by atoms with Crippen molar-refractivity contribution in [3.05, 3.63) is 42.5 Å². The number of esters is 1. The van der Waals surface area contributed by atoms with Gasteiger partial charge in [-0.25, -0.2) is 14.8 Å². The molecule has 0 N–H and O–H groups in total. The highest BCUT2D eigenvalue weighted by Crippen LogP contribution is 2.18. The Morgan fingerprint density at radius 3 is 2.52 bits per heavy atom. The van der Waals surface area contributed by atoms with E-state index in [2.05, 4.69) is 24.8 Å². The van der Waals surface area contributed by atoms with Gasteiger partial charge in [-0.05, 0) is 19.1 Å². The fraction of sp³-hybridized carbons (Fsp3) is 0.375. The summed E-state index contributed by atoms with van der Waals surface area (Å²) in [7, 11) is 0. The lowest BCUT2D eigenvalue weighted by atomic mass is 10.2. The third kappa shape index (κ3) is 3.56. The summed E-state index contributed by atoms with van der Waals surface area (Å²) in [4.78, 5) is 28.9. The highest BCUT2D eigenvalue weighted by molar-refractivity contribution is 5.90. The van der Waals surface area contributed by atoms with Crippen LogP contribution in [0.4, 0.5) is 11.6 Å². The largest absolute Gasteiger partial charge is 0.462 e. The van der Waals surface area contributed by atoms with Gasteiger partial charge in [-0.3, -0.25) is 4.98 Å². The van der Waals surface area contributed by atoms with Crippen LogP contribution in [0.25, 0.3) is 0 Å². The van der Waals surface area contributed by atoms with E-state index >= 15 is 0 Å². The molecule has 0 saturated carbocycles. The first-order valence-corrected chi connectivity index (χ1v) is 7.67. The average Bonchev–Trinajstić information content (AvgIpc) is 2.63. The van der Waals surface area contributed by atoms with Crippen molar-refractivity contribution in [2.45, 2.75) is 6.92 Å². The highest BCUT2D eigenvalue weighted by atomic mass is 16.5. The van der Waals surface area contributed by atoms with E-state index in [9.17, 15) is 4.79 Å². The normalized spacial score (nSPS) is 14.7. The van der Waals surface area contributed by atoms with Crippen LogP contribution in [-0.2, 0) is 4.74 Å². The highest BCUT2D eigenvalue weighted by Gasteiger charge is 2.20. The standard InChI is InChI=1S/C16H19N5O2/c1-2-23-15(22)13-10-14(12-17-11-13)20-6-8-21(9-7-20)16-18-4-3-5-19-16/h3-5,10-12H,2,6-9H2,1H3. The smallest absolute Gasteiger partial charge is 0.339 e. The van der Waals surface area contributed by atoms with Gasteiger partial charge in [-0.1, -0.05) is 0 Å². The van der Waals surface area contributed by atoms with Gasteiger partial charge in [0, 0.05) is 44.8 Å². The SMILES string of the molecule is CCOC(=O)c1cncc(N2CCN(c3ncccn3)CC2)c1. The Kier molecular flexibility index (Phi) is 4.65. The maximum absolute atomic E-state index is 11.8. The predicted molar refractivity (Wildman–Crippen MR) is 86.7 cm³/mol. The number of nitrogens with zero attached hydrogens (tertiary/aromatic N) is 5. The number of carbonyl (C=O) groups is 1. The molecule has 23 heavy (non-hydrogen) atoms. The number of hydrogen-bond donors (Lipinski definition) is 0. The van der Waals surface area contributed by atoms with Crippen LogP contribution in [0.2, 0.25) is 0 Å². The van der Waals surface area contributed by atoms with Gasteiger partial charge in [0.1, 0.15) is 0 Å². The van der Waals surface area contributed by atoms with E-state index in [-0.39, 0.29) is 5.97 Å². The van der Waals surface area contributed by atoms with E-state index in [1.165, 1.54) is 6.20 Å². The van der Waals surface area contributed by atoms with Crippen LogP contribution in [-0.4, -0.2) is 53.7 Å². The second-order valence-electron chi connectivity index (χ2n) is 5.18. The van der Waals surface area contributed by atoms with Crippen molar-refractivity contribution in [3.8, 4) is 0 Å². The molecule has 7 nitrogen and oxygen atoms in total. The zero-order valence-corrected chi connectivity index (χ0v) is 13.1. The Hall–Kier alpha value is -2.70. The Balaban J connectivity index is 1.66. The Bertz CT molecular complexity index is 657. The fourth-order valence-electron chi connectivity index (χ4n) is 2.55. The van der Waals surface area contributed by atoms with E-state index in [0.717, 1.165) is 37.8 Å². The molecule has 0 atom stereocenters. The molecule has 0 aliphatic carbocycles. The van der Waals surface area contributed by atoms with Crippen LogP contribution in [0.1, 0.15) is 17.3 Å². The molecule has 7 heteroatoms. The Morgan fingerprint density at radius 1 is 1.13 bits per heavy atom. The molecule has 1 fully saturated rings. The first-order chi connectivity index (χ1) is 11.3. The maximum Gasteiger partial charge on any atom is 0.339 e. The topological polar surface area (TPSA) is 71.5 Å². The van der Waals surface area contributed by atoms with Crippen LogP contribution in [0.15, 0.2) is 36.9 Å². The van der Waals surface area contributed by atoms with Crippen molar-refractivity contribution in [2.75, 3.05) is 42.6 Å². The van der Waals surface area contributed by atoms with E-state index in [0.29, 0.717) is 12.2 Å². The first kappa shape index (κ1) is 15.2. The van der Waals surface area contributed by atoms with E-state index in [1.807, 2.05) is 12.1 Å². The lowest BCUT2D eigenvalue weighted by Gasteiger charge is -2.35. The van der Waals surface area contributed by atoms with Crippen LogP contribution >= 0.6 is 0 Å². The lowest BCUT2D eigenvalue weighted by Crippen LogP contribution is -2.47. The molecular formula is C16H19N5O2. The van der Waals surface area contributed by atoms with Crippen LogP contribution in [0, 0.1) is 0 Å². The second kappa shape index (κ2) is 7.04. The van der Waals surface area contributed by atoms with Crippen molar-refractivity contribution in [3.63, 3.8) is 0 Å². The molecule has 1 aliphatic rings. The van der Waals surface area contributed by atoms with Crippen LogP contribution in [0.5, 0.6) is 0 Å². The predicted octanol–water partition coefficient (Wildman–Crippen LogP) is 1.37. The summed E-state index contributed by atoms with van der Waals surface area (Å²) < 4.78 is 5.02. The summed E-state index contributed by atoms with van der Waals surface area (Å²) in [6, 6.07) is 3.64. The summed E-state index contributed by atoms with van der Waals surface area (Å²) in [5.74, 6) is 0.420. The number of rotatable bonds is 4. The summed E-state index contributed by atoms with van der Waals surface area (Å²) in [6.45, 7) is 5.46. The molecule has 0 spiro atoms. The second-order valence-corrected chi connectivity index (χ2v) is 5.18. The van der Waals surface area contributed by atoms with Crippen LogP contribution < -0.4 is 9.80 Å². The van der Waals surface area contributed by atoms with Crippen molar-refractivity contribution >= 4 is 17.6 Å². The van der Waals surface area contributed by atoms with E-state index in [1.54, 1.807) is 25.5 Å². The molecule has 0 amide bonds. The van der Waals surface area contributed by atoms with Crippen molar-refractivity contribution in [2.24, 2.45) is 0 Å².